The summed E-state index contributed by atoms with van der Waals surface area (Å²) in [6.45, 7) is 4.80. The van der Waals surface area contributed by atoms with Gasteiger partial charge in [-0.1, -0.05) is 36.9 Å². The summed E-state index contributed by atoms with van der Waals surface area (Å²) in [7, 11) is 0. The van der Waals surface area contributed by atoms with Gasteiger partial charge in [-0.25, -0.2) is 9.97 Å². The highest BCUT2D eigenvalue weighted by atomic mass is 32.2. The van der Waals surface area contributed by atoms with Crippen LogP contribution in [0.2, 0.25) is 0 Å². The Hall–Kier alpha value is -2.60. The standard InChI is InChI=1S/C20H20N4OS/c1-3-10-24-19(25)16-8-4-5-9-17(16)22-20(24)26-13-15-12-23-11-6-7-14(2)18(23)21-15/h4-9,11-12H,3,10,13H2,1-2H3. The predicted octanol–water partition coefficient (Wildman–Crippen LogP) is 4.05. The van der Waals surface area contributed by atoms with Crippen molar-refractivity contribution in [3.63, 3.8) is 0 Å². The first-order chi connectivity index (χ1) is 12.7. The van der Waals surface area contributed by atoms with E-state index in [0.29, 0.717) is 17.7 Å². The van der Waals surface area contributed by atoms with Crippen molar-refractivity contribution in [1.29, 1.82) is 0 Å². The van der Waals surface area contributed by atoms with E-state index in [1.165, 1.54) is 0 Å². The molecule has 1 aromatic carbocycles. The summed E-state index contributed by atoms with van der Waals surface area (Å²) in [5, 5.41) is 1.43. The lowest BCUT2D eigenvalue weighted by Crippen LogP contribution is -2.23. The van der Waals surface area contributed by atoms with E-state index in [1.54, 1.807) is 16.3 Å². The third kappa shape index (κ3) is 3.01. The zero-order valence-electron chi connectivity index (χ0n) is 14.8. The first kappa shape index (κ1) is 16.8. The topological polar surface area (TPSA) is 52.2 Å². The van der Waals surface area contributed by atoms with E-state index in [-0.39, 0.29) is 5.56 Å². The highest BCUT2D eigenvalue weighted by molar-refractivity contribution is 7.98. The van der Waals surface area contributed by atoms with Crippen LogP contribution in [0.25, 0.3) is 16.6 Å². The number of fused-ring (bicyclic) bond motifs is 2. The summed E-state index contributed by atoms with van der Waals surface area (Å²) in [4.78, 5) is 22.3. The second kappa shape index (κ2) is 6.96. The van der Waals surface area contributed by atoms with Crippen molar-refractivity contribution in [1.82, 2.24) is 18.9 Å². The maximum absolute atomic E-state index is 12.8. The first-order valence-corrected chi connectivity index (χ1v) is 9.71. The van der Waals surface area contributed by atoms with Crippen LogP contribution in [0.3, 0.4) is 0 Å². The van der Waals surface area contributed by atoms with Crippen LogP contribution in [-0.4, -0.2) is 18.9 Å². The number of hydrogen-bond donors (Lipinski definition) is 0. The smallest absolute Gasteiger partial charge is 0.262 e. The Morgan fingerprint density at radius 3 is 2.77 bits per heavy atom. The minimum atomic E-state index is 0.0331. The number of aryl methyl sites for hydroxylation is 1. The van der Waals surface area contributed by atoms with E-state index in [9.17, 15) is 4.79 Å². The van der Waals surface area contributed by atoms with Crippen LogP contribution in [-0.2, 0) is 12.3 Å². The SMILES string of the molecule is CCCn1c(SCc2cn3cccc(C)c3n2)nc2ccccc2c1=O. The van der Waals surface area contributed by atoms with E-state index >= 15 is 0 Å². The number of aromatic nitrogens is 4. The summed E-state index contributed by atoms with van der Waals surface area (Å²) in [5.74, 6) is 0.676. The minimum Gasteiger partial charge on any atom is -0.307 e. The Morgan fingerprint density at radius 2 is 1.96 bits per heavy atom. The molecule has 132 valence electrons. The summed E-state index contributed by atoms with van der Waals surface area (Å²) in [6, 6.07) is 11.6. The predicted molar refractivity (Wildman–Crippen MR) is 106 cm³/mol. The number of hydrogen-bond acceptors (Lipinski definition) is 4. The Labute approximate surface area is 155 Å². The molecule has 0 aliphatic rings. The molecule has 0 saturated heterocycles. The average molecular weight is 364 g/mol. The van der Waals surface area contributed by atoms with Gasteiger partial charge in [0.15, 0.2) is 5.16 Å². The van der Waals surface area contributed by atoms with Crippen LogP contribution >= 0.6 is 11.8 Å². The maximum Gasteiger partial charge on any atom is 0.262 e. The van der Waals surface area contributed by atoms with Gasteiger partial charge < -0.3 is 4.40 Å². The second-order valence-corrected chi connectivity index (χ2v) is 7.25. The molecule has 0 aliphatic carbocycles. The molecule has 0 N–H and O–H groups in total. The van der Waals surface area contributed by atoms with Crippen LogP contribution in [0.15, 0.2) is 58.7 Å². The van der Waals surface area contributed by atoms with Crippen molar-refractivity contribution >= 4 is 28.3 Å². The van der Waals surface area contributed by atoms with Gasteiger partial charge in [0, 0.05) is 24.7 Å². The largest absolute Gasteiger partial charge is 0.307 e. The van der Waals surface area contributed by atoms with Crippen LogP contribution in [0, 0.1) is 6.92 Å². The van der Waals surface area contributed by atoms with Gasteiger partial charge in [-0.3, -0.25) is 9.36 Å². The fraction of sp³-hybridized carbons (Fsp3) is 0.250. The normalized spacial score (nSPS) is 11.5. The third-order valence-corrected chi connectivity index (χ3v) is 5.36. The van der Waals surface area contributed by atoms with Gasteiger partial charge in [0.2, 0.25) is 0 Å². The van der Waals surface area contributed by atoms with Gasteiger partial charge in [0.1, 0.15) is 5.65 Å². The molecule has 0 unspecified atom stereocenters. The zero-order valence-corrected chi connectivity index (χ0v) is 15.7. The molecule has 0 atom stereocenters. The Balaban J connectivity index is 1.70. The number of thioether (sulfide) groups is 1. The van der Waals surface area contributed by atoms with Crippen molar-refractivity contribution in [2.24, 2.45) is 0 Å². The van der Waals surface area contributed by atoms with Gasteiger partial charge >= 0.3 is 0 Å². The third-order valence-electron chi connectivity index (χ3n) is 4.35. The van der Waals surface area contributed by atoms with Crippen molar-refractivity contribution in [2.45, 2.75) is 37.7 Å². The van der Waals surface area contributed by atoms with E-state index in [0.717, 1.165) is 34.0 Å². The lowest BCUT2D eigenvalue weighted by atomic mass is 10.2. The van der Waals surface area contributed by atoms with Gasteiger partial charge in [-0.15, -0.1) is 0 Å². The Kier molecular flexibility index (Phi) is 4.51. The molecule has 3 aromatic heterocycles. The van der Waals surface area contributed by atoms with Crippen LogP contribution in [0.5, 0.6) is 0 Å². The molecule has 5 nitrogen and oxygen atoms in total. The molecule has 4 rings (SSSR count). The molecular weight excluding hydrogens is 344 g/mol. The van der Waals surface area contributed by atoms with E-state index < -0.39 is 0 Å². The van der Waals surface area contributed by atoms with Crippen LogP contribution in [0.1, 0.15) is 24.6 Å². The summed E-state index contributed by atoms with van der Waals surface area (Å²) in [6.07, 6.45) is 4.94. The molecule has 0 radical (unpaired) electrons. The molecule has 3 heterocycles. The first-order valence-electron chi connectivity index (χ1n) is 8.73. The molecule has 6 heteroatoms. The molecule has 0 fully saturated rings. The van der Waals surface area contributed by atoms with Gasteiger partial charge in [-0.2, -0.15) is 0 Å². The molecule has 0 spiro atoms. The molecule has 0 saturated carbocycles. The van der Waals surface area contributed by atoms with Gasteiger partial charge in [-0.05, 0) is 37.1 Å². The highest BCUT2D eigenvalue weighted by Gasteiger charge is 2.12. The maximum atomic E-state index is 12.8. The molecule has 0 amide bonds. The van der Waals surface area contributed by atoms with Crippen LogP contribution < -0.4 is 5.56 Å². The fourth-order valence-electron chi connectivity index (χ4n) is 3.09. The van der Waals surface area contributed by atoms with E-state index in [4.69, 9.17) is 9.97 Å². The Morgan fingerprint density at radius 1 is 1.12 bits per heavy atom. The monoisotopic (exact) mass is 364 g/mol. The molecule has 4 aromatic rings. The number of para-hydroxylation sites is 1. The summed E-state index contributed by atoms with van der Waals surface area (Å²) >= 11 is 1.57. The molecular formula is C20H20N4OS. The summed E-state index contributed by atoms with van der Waals surface area (Å²) in [5.41, 5.74) is 3.88. The van der Waals surface area contributed by atoms with Gasteiger partial charge in [0.25, 0.3) is 5.56 Å². The van der Waals surface area contributed by atoms with Crippen molar-refractivity contribution < 1.29 is 0 Å². The van der Waals surface area contributed by atoms with E-state index in [1.807, 2.05) is 47.1 Å². The van der Waals surface area contributed by atoms with Gasteiger partial charge in [0.05, 0.1) is 16.6 Å². The lowest BCUT2D eigenvalue weighted by Gasteiger charge is -2.11. The van der Waals surface area contributed by atoms with Crippen molar-refractivity contribution in [2.75, 3.05) is 0 Å². The van der Waals surface area contributed by atoms with E-state index in [2.05, 4.69) is 19.9 Å². The Bertz CT molecular complexity index is 1150. The van der Waals surface area contributed by atoms with Crippen molar-refractivity contribution in [3.05, 3.63) is 70.4 Å². The number of pyridine rings is 1. The number of nitrogens with zero attached hydrogens (tertiary/aromatic N) is 4. The number of imidazole rings is 1. The number of rotatable bonds is 5. The lowest BCUT2D eigenvalue weighted by molar-refractivity contribution is 0.584. The zero-order chi connectivity index (χ0) is 18.1. The second-order valence-electron chi connectivity index (χ2n) is 6.31. The summed E-state index contributed by atoms with van der Waals surface area (Å²) < 4.78 is 3.83. The fourth-order valence-corrected chi connectivity index (χ4v) is 4.00. The van der Waals surface area contributed by atoms with Crippen molar-refractivity contribution in [3.8, 4) is 0 Å². The average Bonchev–Trinajstić information content (AvgIpc) is 3.07. The molecule has 26 heavy (non-hydrogen) atoms. The van der Waals surface area contributed by atoms with Crippen LogP contribution in [0.4, 0.5) is 0 Å². The number of benzene rings is 1. The quantitative estimate of drug-likeness (QED) is 0.396. The molecule has 0 aliphatic heterocycles. The minimum absolute atomic E-state index is 0.0331. The molecule has 0 bridgehead atoms. The highest BCUT2D eigenvalue weighted by Crippen LogP contribution is 2.23.